The number of rotatable bonds is 5. The summed E-state index contributed by atoms with van der Waals surface area (Å²) in [5.74, 6) is -1.19. The lowest BCUT2D eigenvalue weighted by Gasteiger charge is -2.33. The van der Waals surface area contributed by atoms with Crippen LogP contribution >= 0.6 is 11.3 Å². The molecule has 0 spiro atoms. The number of carboxylic acid groups (broad SMARTS) is 1. The van der Waals surface area contributed by atoms with Gasteiger partial charge in [0.1, 0.15) is 9.88 Å². The van der Waals surface area contributed by atoms with E-state index in [1.54, 1.807) is 0 Å². The molecule has 0 unspecified atom stereocenters. The van der Waals surface area contributed by atoms with Gasteiger partial charge in [0.05, 0.1) is 5.56 Å². The Bertz CT molecular complexity index is 562. The summed E-state index contributed by atoms with van der Waals surface area (Å²) >= 11 is 0.807. The minimum atomic E-state index is -3.82. The van der Waals surface area contributed by atoms with Crippen molar-refractivity contribution >= 4 is 27.3 Å². The van der Waals surface area contributed by atoms with Crippen LogP contribution in [0.15, 0.2) is 15.7 Å². The Hall–Kier alpha value is -0.990. The van der Waals surface area contributed by atoms with Crippen LogP contribution in [-0.2, 0) is 10.0 Å². The van der Waals surface area contributed by atoms with E-state index >= 15 is 0 Å². The van der Waals surface area contributed by atoms with Crippen LogP contribution in [0.4, 0.5) is 4.39 Å². The van der Waals surface area contributed by atoms with Gasteiger partial charge >= 0.3 is 5.97 Å². The third-order valence-corrected chi connectivity index (χ3v) is 5.76. The topological polar surface area (TPSA) is 83.5 Å². The van der Waals surface area contributed by atoms with Gasteiger partial charge in [0.15, 0.2) is 0 Å². The molecule has 1 saturated carbocycles. The SMILES string of the molecule is O=C(O)c1csc(S(=O)(=O)NCC2(F)CCC2)c1. The Labute approximate surface area is 108 Å². The molecule has 0 bridgehead atoms. The van der Waals surface area contributed by atoms with Gasteiger partial charge in [-0.1, -0.05) is 0 Å². The van der Waals surface area contributed by atoms with Gasteiger partial charge in [-0.05, 0) is 25.3 Å². The van der Waals surface area contributed by atoms with E-state index in [1.807, 2.05) is 0 Å². The van der Waals surface area contributed by atoms with Crippen molar-refractivity contribution in [3.63, 3.8) is 0 Å². The van der Waals surface area contributed by atoms with Gasteiger partial charge in [-0.3, -0.25) is 0 Å². The molecule has 8 heteroatoms. The van der Waals surface area contributed by atoms with Crippen molar-refractivity contribution in [1.29, 1.82) is 0 Å². The molecule has 0 atom stereocenters. The van der Waals surface area contributed by atoms with Crippen LogP contribution in [0.2, 0.25) is 0 Å². The highest BCUT2D eigenvalue weighted by atomic mass is 32.2. The number of halogens is 1. The Morgan fingerprint density at radius 2 is 2.22 bits per heavy atom. The second-order valence-corrected chi connectivity index (χ2v) is 7.19. The molecule has 1 aromatic heterocycles. The molecule has 0 radical (unpaired) electrons. The molecule has 1 aliphatic carbocycles. The summed E-state index contributed by atoms with van der Waals surface area (Å²) in [7, 11) is -3.82. The number of carbonyl (C=O) groups is 1. The molecule has 18 heavy (non-hydrogen) atoms. The summed E-state index contributed by atoms with van der Waals surface area (Å²) in [6.07, 6.45) is 1.49. The molecule has 1 aromatic rings. The first-order valence-corrected chi connectivity index (χ1v) is 7.69. The van der Waals surface area contributed by atoms with Gasteiger partial charge in [-0.2, -0.15) is 0 Å². The molecule has 0 saturated heterocycles. The van der Waals surface area contributed by atoms with Crippen molar-refractivity contribution in [2.24, 2.45) is 0 Å². The second-order valence-electron chi connectivity index (χ2n) is 4.29. The van der Waals surface area contributed by atoms with E-state index in [2.05, 4.69) is 4.72 Å². The lowest BCUT2D eigenvalue weighted by Crippen LogP contribution is -2.44. The fourth-order valence-corrected chi connectivity index (χ4v) is 3.91. The zero-order valence-electron chi connectivity index (χ0n) is 9.35. The average molecular weight is 293 g/mol. The molecule has 100 valence electrons. The van der Waals surface area contributed by atoms with Gasteiger partial charge in [-0.15, -0.1) is 11.3 Å². The molecular weight excluding hydrogens is 281 g/mol. The quantitative estimate of drug-likeness (QED) is 0.864. The maximum atomic E-state index is 13.7. The first-order valence-electron chi connectivity index (χ1n) is 5.33. The summed E-state index contributed by atoms with van der Waals surface area (Å²) in [5, 5.41) is 9.94. The van der Waals surface area contributed by atoms with Crippen LogP contribution in [0.1, 0.15) is 29.6 Å². The number of sulfonamides is 1. The molecule has 0 aliphatic heterocycles. The second kappa shape index (κ2) is 4.60. The van der Waals surface area contributed by atoms with Crippen molar-refractivity contribution in [3.05, 3.63) is 17.0 Å². The van der Waals surface area contributed by atoms with Gasteiger partial charge in [-0.25, -0.2) is 22.3 Å². The van der Waals surface area contributed by atoms with Gasteiger partial charge in [0.25, 0.3) is 0 Å². The van der Waals surface area contributed by atoms with Crippen molar-refractivity contribution in [3.8, 4) is 0 Å². The van der Waals surface area contributed by atoms with Crippen LogP contribution in [0.3, 0.4) is 0 Å². The lowest BCUT2D eigenvalue weighted by molar-refractivity contribution is 0.0689. The molecule has 1 aliphatic rings. The fraction of sp³-hybridized carbons (Fsp3) is 0.500. The van der Waals surface area contributed by atoms with E-state index in [9.17, 15) is 17.6 Å². The summed E-state index contributed by atoms with van der Waals surface area (Å²) in [6.45, 7) is -0.254. The Morgan fingerprint density at radius 1 is 1.56 bits per heavy atom. The largest absolute Gasteiger partial charge is 0.478 e. The lowest BCUT2D eigenvalue weighted by atomic mass is 9.82. The number of hydrogen-bond donors (Lipinski definition) is 2. The maximum Gasteiger partial charge on any atom is 0.336 e. The van der Waals surface area contributed by atoms with Crippen molar-refractivity contribution < 1.29 is 22.7 Å². The van der Waals surface area contributed by atoms with Crippen LogP contribution < -0.4 is 4.72 Å². The zero-order valence-corrected chi connectivity index (χ0v) is 11.0. The zero-order chi connectivity index (χ0) is 13.4. The highest BCUT2D eigenvalue weighted by Crippen LogP contribution is 2.35. The van der Waals surface area contributed by atoms with E-state index in [0.717, 1.165) is 23.8 Å². The molecule has 1 fully saturated rings. The number of hydrogen-bond acceptors (Lipinski definition) is 4. The van der Waals surface area contributed by atoms with Crippen LogP contribution in [0, 0.1) is 0 Å². The molecule has 1 heterocycles. The third kappa shape index (κ3) is 2.70. The highest BCUT2D eigenvalue weighted by Gasteiger charge is 2.38. The van der Waals surface area contributed by atoms with Gasteiger partial charge < -0.3 is 5.11 Å². The van der Waals surface area contributed by atoms with Crippen molar-refractivity contribution in [2.75, 3.05) is 6.54 Å². The molecule has 0 aromatic carbocycles. The highest BCUT2D eigenvalue weighted by molar-refractivity contribution is 7.91. The van der Waals surface area contributed by atoms with E-state index in [4.69, 9.17) is 5.11 Å². The minimum Gasteiger partial charge on any atom is -0.478 e. The third-order valence-electron chi connectivity index (χ3n) is 2.92. The van der Waals surface area contributed by atoms with E-state index in [-0.39, 0.29) is 16.3 Å². The summed E-state index contributed by atoms with van der Waals surface area (Å²) in [5.41, 5.74) is -1.53. The summed E-state index contributed by atoms with van der Waals surface area (Å²) in [6, 6.07) is 1.07. The predicted molar refractivity (Wildman–Crippen MR) is 64.2 cm³/mol. The van der Waals surface area contributed by atoms with Crippen molar-refractivity contribution in [2.45, 2.75) is 29.1 Å². The van der Waals surface area contributed by atoms with Crippen molar-refractivity contribution in [1.82, 2.24) is 4.72 Å². The maximum absolute atomic E-state index is 13.7. The van der Waals surface area contributed by atoms with Crippen LogP contribution in [0.25, 0.3) is 0 Å². The molecular formula is C10H12FNO4S2. The number of nitrogens with one attached hydrogen (secondary N) is 1. The predicted octanol–water partition coefficient (Wildman–Crippen LogP) is 1.62. The van der Waals surface area contributed by atoms with Gasteiger partial charge in [0, 0.05) is 11.9 Å². The average Bonchev–Trinajstić information content (AvgIpc) is 2.73. The normalized spacial score (nSPS) is 18.3. The monoisotopic (exact) mass is 293 g/mol. The molecule has 5 nitrogen and oxygen atoms in total. The summed E-state index contributed by atoms with van der Waals surface area (Å²) < 4.78 is 39.3. The summed E-state index contributed by atoms with van der Waals surface area (Å²) in [4.78, 5) is 10.6. The first-order chi connectivity index (χ1) is 8.32. The van der Waals surface area contributed by atoms with E-state index < -0.39 is 21.7 Å². The van der Waals surface area contributed by atoms with E-state index in [1.165, 1.54) is 5.38 Å². The van der Waals surface area contributed by atoms with Crippen LogP contribution in [-0.4, -0.2) is 31.7 Å². The standard InChI is InChI=1S/C10H12FNO4S2/c11-10(2-1-3-10)6-12-18(15,16)8-4-7(5-17-8)9(13)14/h4-5,12H,1-3,6H2,(H,13,14). The van der Waals surface area contributed by atoms with Crippen LogP contribution in [0.5, 0.6) is 0 Å². The fourth-order valence-electron chi connectivity index (χ4n) is 1.60. The Balaban J connectivity index is 2.07. The first kappa shape index (κ1) is 13.4. The minimum absolute atomic E-state index is 0.0843. The van der Waals surface area contributed by atoms with Gasteiger partial charge in [0.2, 0.25) is 10.0 Å². The number of aromatic carboxylic acids is 1. The molecule has 2 rings (SSSR count). The Morgan fingerprint density at radius 3 is 2.67 bits per heavy atom. The smallest absolute Gasteiger partial charge is 0.336 e. The number of carboxylic acids is 1. The number of alkyl halides is 1. The Kier molecular flexibility index (Phi) is 3.43. The van der Waals surface area contributed by atoms with E-state index in [0.29, 0.717) is 12.8 Å². The molecule has 0 amide bonds. The number of thiophene rings is 1. The molecule has 2 N–H and O–H groups in total.